The van der Waals surface area contributed by atoms with Crippen LogP contribution in [0.3, 0.4) is 0 Å². The number of para-hydroxylation sites is 1. The summed E-state index contributed by atoms with van der Waals surface area (Å²) in [5, 5.41) is 6.34. The molecule has 5 rings (SSSR count). The van der Waals surface area contributed by atoms with Gasteiger partial charge >= 0.3 is 6.18 Å². The quantitative estimate of drug-likeness (QED) is 0.231. The molecule has 2 aromatic heterocycles. The number of nitrogens with zero attached hydrogens (tertiary/aromatic N) is 4. The molecule has 2 N–H and O–H groups in total. The standard InChI is InChI=1S/C29H31F3N6O3S/c1-17(2)15-38-11-12-40-21(16-38)14-33-27-35-22(19-7-9-20(10-8-19)29(30,31)32)13-25(36-27)41-23-5-4-6-24-26(23)37-28(42-24)34-18(3)39/h4-10,13,17,21H,11-12,14-16H2,1-3H3,(H,33,35,36)(H,34,37,39)/t21-/m0/s1. The molecule has 9 nitrogen and oxygen atoms in total. The number of ether oxygens (including phenoxy) is 2. The highest BCUT2D eigenvalue weighted by atomic mass is 32.1. The highest BCUT2D eigenvalue weighted by molar-refractivity contribution is 7.22. The van der Waals surface area contributed by atoms with Crippen LogP contribution < -0.4 is 15.4 Å². The molecule has 0 saturated carbocycles. The number of aromatic nitrogens is 3. The van der Waals surface area contributed by atoms with E-state index >= 15 is 0 Å². The van der Waals surface area contributed by atoms with E-state index < -0.39 is 11.7 Å². The Morgan fingerprint density at radius 3 is 2.67 bits per heavy atom. The van der Waals surface area contributed by atoms with Crippen LogP contribution in [0.15, 0.2) is 48.5 Å². The molecule has 0 unspecified atom stereocenters. The minimum absolute atomic E-state index is 0.0869. The van der Waals surface area contributed by atoms with Gasteiger partial charge in [0, 0.05) is 44.7 Å². The zero-order valence-corrected chi connectivity index (χ0v) is 24.2. The fourth-order valence-electron chi connectivity index (χ4n) is 4.65. The Bertz CT molecular complexity index is 1540. The van der Waals surface area contributed by atoms with E-state index in [1.165, 1.54) is 30.4 Å². The van der Waals surface area contributed by atoms with Crippen molar-refractivity contribution >= 4 is 38.5 Å². The van der Waals surface area contributed by atoms with Gasteiger partial charge in [0.25, 0.3) is 0 Å². The van der Waals surface area contributed by atoms with Gasteiger partial charge < -0.3 is 20.1 Å². The van der Waals surface area contributed by atoms with Crippen molar-refractivity contribution in [2.24, 2.45) is 5.92 Å². The van der Waals surface area contributed by atoms with Crippen LogP contribution in [-0.4, -0.2) is 64.6 Å². The number of hydrogen-bond acceptors (Lipinski definition) is 9. The molecule has 0 aliphatic carbocycles. The Hall–Kier alpha value is -3.81. The second-order valence-electron chi connectivity index (χ2n) is 10.4. The van der Waals surface area contributed by atoms with Gasteiger partial charge in [-0.1, -0.05) is 43.4 Å². The predicted molar refractivity (Wildman–Crippen MR) is 156 cm³/mol. The second-order valence-corrected chi connectivity index (χ2v) is 11.5. The first-order valence-electron chi connectivity index (χ1n) is 13.5. The number of morpholine rings is 1. The third-order valence-electron chi connectivity index (χ3n) is 6.42. The molecule has 1 aliphatic rings. The summed E-state index contributed by atoms with van der Waals surface area (Å²) in [4.78, 5) is 27.5. The molecular weight excluding hydrogens is 569 g/mol. The molecule has 2 aromatic carbocycles. The van der Waals surface area contributed by atoms with Crippen molar-refractivity contribution in [3.8, 4) is 22.9 Å². The van der Waals surface area contributed by atoms with E-state index in [1.807, 2.05) is 6.07 Å². The summed E-state index contributed by atoms with van der Waals surface area (Å²) < 4.78 is 52.4. The van der Waals surface area contributed by atoms with Crippen molar-refractivity contribution in [1.82, 2.24) is 19.9 Å². The maximum absolute atomic E-state index is 13.2. The molecular formula is C29H31F3N6O3S. The minimum atomic E-state index is -4.45. The van der Waals surface area contributed by atoms with Crippen LogP contribution in [0.2, 0.25) is 0 Å². The summed E-state index contributed by atoms with van der Waals surface area (Å²) in [5.74, 6) is 1.13. The van der Waals surface area contributed by atoms with Crippen molar-refractivity contribution < 1.29 is 27.4 Å². The maximum atomic E-state index is 13.2. The van der Waals surface area contributed by atoms with Crippen LogP contribution in [0.1, 0.15) is 26.3 Å². The highest BCUT2D eigenvalue weighted by Gasteiger charge is 2.30. The van der Waals surface area contributed by atoms with E-state index in [0.717, 1.165) is 36.5 Å². The van der Waals surface area contributed by atoms with Crippen molar-refractivity contribution in [2.75, 3.05) is 43.4 Å². The molecule has 4 aromatic rings. The first-order valence-corrected chi connectivity index (χ1v) is 14.3. The van der Waals surface area contributed by atoms with Gasteiger partial charge in [0.15, 0.2) is 10.9 Å². The number of carbonyl (C=O) groups is 1. The number of carbonyl (C=O) groups excluding carboxylic acids is 1. The number of halogens is 3. The third kappa shape index (κ3) is 7.52. The fraction of sp³-hybridized carbons (Fsp3) is 0.379. The van der Waals surface area contributed by atoms with Crippen LogP contribution in [0, 0.1) is 5.92 Å². The lowest BCUT2D eigenvalue weighted by molar-refractivity contribution is -0.137. The number of fused-ring (bicyclic) bond motifs is 1. The Kier molecular flexibility index (Phi) is 8.90. The summed E-state index contributed by atoms with van der Waals surface area (Å²) in [5.41, 5.74) is 0.638. The maximum Gasteiger partial charge on any atom is 0.416 e. The van der Waals surface area contributed by atoms with Gasteiger partial charge in [0.2, 0.25) is 17.7 Å². The number of amides is 1. The van der Waals surface area contributed by atoms with Crippen LogP contribution in [0.4, 0.5) is 24.3 Å². The van der Waals surface area contributed by atoms with Crippen LogP contribution in [0.25, 0.3) is 21.5 Å². The van der Waals surface area contributed by atoms with E-state index in [-0.39, 0.29) is 23.8 Å². The van der Waals surface area contributed by atoms with E-state index in [1.54, 1.807) is 18.2 Å². The molecule has 1 fully saturated rings. The monoisotopic (exact) mass is 600 g/mol. The average molecular weight is 601 g/mol. The fourth-order valence-corrected chi connectivity index (χ4v) is 5.58. The van der Waals surface area contributed by atoms with Crippen molar-refractivity contribution in [3.05, 3.63) is 54.1 Å². The molecule has 0 spiro atoms. The van der Waals surface area contributed by atoms with Crippen LogP contribution >= 0.6 is 11.3 Å². The lowest BCUT2D eigenvalue weighted by Crippen LogP contribution is -2.46. The zero-order chi connectivity index (χ0) is 29.9. The van der Waals surface area contributed by atoms with E-state index in [4.69, 9.17) is 9.47 Å². The zero-order valence-electron chi connectivity index (χ0n) is 23.4. The molecule has 1 saturated heterocycles. The largest absolute Gasteiger partial charge is 0.437 e. The summed E-state index contributed by atoms with van der Waals surface area (Å²) in [6.07, 6.45) is -4.53. The van der Waals surface area contributed by atoms with Gasteiger partial charge in [0.05, 0.1) is 28.7 Å². The van der Waals surface area contributed by atoms with E-state index in [0.29, 0.717) is 46.7 Å². The van der Waals surface area contributed by atoms with E-state index in [9.17, 15) is 18.0 Å². The molecule has 13 heteroatoms. The molecule has 0 bridgehead atoms. The van der Waals surface area contributed by atoms with E-state index in [2.05, 4.69) is 44.3 Å². The van der Waals surface area contributed by atoms with Gasteiger partial charge in [0.1, 0.15) is 5.52 Å². The van der Waals surface area contributed by atoms with Crippen molar-refractivity contribution in [3.63, 3.8) is 0 Å². The number of nitrogens with one attached hydrogen (secondary N) is 2. The molecule has 1 aliphatic heterocycles. The molecule has 1 atom stereocenters. The summed E-state index contributed by atoms with van der Waals surface area (Å²) in [7, 11) is 0. The first-order chi connectivity index (χ1) is 20.0. The number of rotatable bonds is 9. The lowest BCUT2D eigenvalue weighted by atomic mass is 10.1. The van der Waals surface area contributed by atoms with Gasteiger partial charge in [-0.25, -0.2) is 9.97 Å². The summed E-state index contributed by atoms with van der Waals surface area (Å²) in [6, 6.07) is 11.7. The molecule has 42 heavy (non-hydrogen) atoms. The topological polar surface area (TPSA) is 102 Å². The first kappa shape index (κ1) is 29.7. The number of hydrogen-bond donors (Lipinski definition) is 2. The SMILES string of the molecule is CC(=O)Nc1nc2c(Oc3cc(-c4ccc(C(F)(F)F)cc4)nc(NC[C@H]4CN(CC(C)C)CCO4)n3)cccc2s1. The highest BCUT2D eigenvalue weighted by Crippen LogP contribution is 2.36. The Morgan fingerprint density at radius 1 is 1.17 bits per heavy atom. The van der Waals surface area contributed by atoms with Crippen LogP contribution in [-0.2, 0) is 15.7 Å². The average Bonchev–Trinajstić information content (AvgIpc) is 3.34. The molecule has 3 heterocycles. The Balaban J connectivity index is 1.43. The van der Waals surface area contributed by atoms with Gasteiger partial charge in [-0.05, 0) is 30.2 Å². The minimum Gasteiger partial charge on any atom is -0.437 e. The smallest absolute Gasteiger partial charge is 0.416 e. The van der Waals surface area contributed by atoms with Crippen LogP contribution in [0.5, 0.6) is 11.6 Å². The number of anilines is 2. The van der Waals surface area contributed by atoms with Gasteiger partial charge in [-0.3, -0.25) is 9.69 Å². The number of benzene rings is 2. The number of alkyl halides is 3. The predicted octanol–water partition coefficient (Wildman–Crippen LogP) is 6.29. The summed E-state index contributed by atoms with van der Waals surface area (Å²) in [6.45, 7) is 9.43. The van der Waals surface area contributed by atoms with Gasteiger partial charge in [-0.2, -0.15) is 18.2 Å². The summed E-state index contributed by atoms with van der Waals surface area (Å²) >= 11 is 1.31. The molecule has 0 radical (unpaired) electrons. The Labute approximate surface area is 245 Å². The normalized spacial score (nSPS) is 16.1. The Morgan fingerprint density at radius 2 is 1.95 bits per heavy atom. The number of thiazole rings is 1. The lowest BCUT2D eigenvalue weighted by Gasteiger charge is -2.34. The van der Waals surface area contributed by atoms with Crippen molar-refractivity contribution in [2.45, 2.75) is 33.1 Å². The third-order valence-corrected chi connectivity index (χ3v) is 7.36. The molecule has 222 valence electrons. The second kappa shape index (κ2) is 12.6. The van der Waals surface area contributed by atoms with Gasteiger partial charge in [-0.15, -0.1) is 0 Å². The molecule has 1 amide bonds. The van der Waals surface area contributed by atoms with Crippen molar-refractivity contribution in [1.29, 1.82) is 0 Å².